The number of thioether (sulfide) groups is 1. The van der Waals surface area contributed by atoms with Gasteiger partial charge in [0, 0.05) is 23.3 Å². The van der Waals surface area contributed by atoms with E-state index in [2.05, 4.69) is 9.97 Å². The van der Waals surface area contributed by atoms with Crippen LogP contribution in [0.25, 0.3) is 22.1 Å². The molecule has 0 unspecified atom stereocenters. The van der Waals surface area contributed by atoms with E-state index >= 15 is 0 Å². The minimum Gasteiger partial charge on any atom is -0.451 e. The number of nitrogens with zero attached hydrogens (tertiary/aromatic N) is 3. The minimum atomic E-state index is -0.400. The Bertz CT molecular complexity index is 1090. The summed E-state index contributed by atoms with van der Waals surface area (Å²) in [4.78, 5) is 19.4. The first-order valence-corrected chi connectivity index (χ1v) is 8.62. The van der Waals surface area contributed by atoms with E-state index in [-0.39, 0.29) is 5.69 Å². The van der Waals surface area contributed by atoms with Crippen LogP contribution in [0.15, 0.2) is 58.0 Å². The summed E-state index contributed by atoms with van der Waals surface area (Å²) < 4.78 is 5.94. The first-order valence-electron chi connectivity index (χ1n) is 7.64. The molecule has 2 aromatic heterocycles. The molecular formula is C18H13N3O3S. The van der Waals surface area contributed by atoms with E-state index in [0.29, 0.717) is 17.2 Å². The highest BCUT2D eigenvalue weighted by Crippen LogP contribution is 2.34. The second-order valence-corrected chi connectivity index (χ2v) is 6.53. The molecule has 25 heavy (non-hydrogen) atoms. The molecule has 0 saturated heterocycles. The fourth-order valence-corrected chi connectivity index (χ4v) is 3.60. The third-order valence-electron chi connectivity index (χ3n) is 3.82. The van der Waals surface area contributed by atoms with E-state index in [1.54, 1.807) is 12.1 Å². The number of furan rings is 1. The molecule has 4 rings (SSSR count). The maximum absolute atomic E-state index is 10.7. The van der Waals surface area contributed by atoms with Gasteiger partial charge in [0.1, 0.15) is 22.0 Å². The summed E-state index contributed by atoms with van der Waals surface area (Å²) in [6.45, 7) is 1.86. The van der Waals surface area contributed by atoms with Crippen molar-refractivity contribution >= 4 is 39.5 Å². The zero-order valence-electron chi connectivity index (χ0n) is 13.3. The molecule has 0 aliphatic carbocycles. The maximum Gasteiger partial charge on any atom is 0.269 e. The SMILES string of the molecule is Cc1nc(SCc2ccc([N+](=O)[O-])cc2)c2oc3ccccc3c2n1. The fourth-order valence-electron chi connectivity index (χ4n) is 2.64. The van der Waals surface area contributed by atoms with Crippen molar-refractivity contribution in [1.29, 1.82) is 0 Å². The van der Waals surface area contributed by atoms with Crippen LogP contribution >= 0.6 is 11.8 Å². The average molecular weight is 351 g/mol. The van der Waals surface area contributed by atoms with E-state index in [9.17, 15) is 10.1 Å². The van der Waals surface area contributed by atoms with Crippen molar-refractivity contribution < 1.29 is 9.34 Å². The third kappa shape index (κ3) is 2.94. The number of aromatic nitrogens is 2. The molecule has 124 valence electrons. The molecule has 0 spiro atoms. The van der Waals surface area contributed by atoms with Crippen LogP contribution in [-0.4, -0.2) is 14.9 Å². The Morgan fingerprint density at radius 3 is 2.64 bits per heavy atom. The number of aryl methyl sites for hydroxylation is 1. The van der Waals surface area contributed by atoms with Crippen LogP contribution in [0, 0.1) is 17.0 Å². The van der Waals surface area contributed by atoms with Crippen molar-refractivity contribution in [3.8, 4) is 0 Å². The predicted molar refractivity (Wildman–Crippen MR) is 96.7 cm³/mol. The van der Waals surface area contributed by atoms with Crippen molar-refractivity contribution in [3.05, 3.63) is 70.0 Å². The number of rotatable bonds is 4. The van der Waals surface area contributed by atoms with E-state index in [4.69, 9.17) is 4.42 Å². The van der Waals surface area contributed by atoms with Gasteiger partial charge in [-0.05, 0) is 24.6 Å². The molecule has 0 aliphatic heterocycles. The zero-order valence-corrected chi connectivity index (χ0v) is 14.1. The van der Waals surface area contributed by atoms with Crippen LogP contribution in [0.1, 0.15) is 11.4 Å². The van der Waals surface area contributed by atoms with Crippen LogP contribution in [0.5, 0.6) is 0 Å². The molecule has 0 bridgehead atoms. The van der Waals surface area contributed by atoms with E-state index < -0.39 is 4.92 Å². The topological polar surface area (TPSA) is 82.1 Å². The number of hydrogen-bond donors (Lipinski definition) is 0. The summed E-state index contributed by atoms with van der Waals surface area (Å²) >= 11 is 1.53. The lowest BCUT2D eigenvalue weighted by Crippen LogP contribution is -1.92. The molecule has 0 radical (unpaired) electrons. The van der Waals surface area contributed by atoms with Gasteiger partial charge in [0.15, 0.2) is 5.58 Å². The second-order valence-electron chi connectivity index (χ2n) is 5.56. The lowest BCUT2D eigenvalue weighted by molar-refractivity contribution is -0.384. The molecule has 2 heterocycles. The van der Waals surface area contributed by atoms with Gasteiger partial charge in [0.05, 0.1) is 4.92 Å². The molecule has 0 fully saturated rings. The Morgan fingerprint density at radius 1 is 1.12 bits per heavy atom. The molecule has 4 aromatic rings. The van der Waals surface area contributed by atoms with Gasteiger partial charge in [-0.15, -0.1) is 0 Å². The molecule has 6 nitrogen and oxygen atoms in total. The van der Waals surface area contributed by atoms with Crippen LogP contribution < -0.4 is 0 Å². The number of fused-ring (bicyclic) bond motifs is 3. The number of hydrogen-bond acceptors (Lipinski definition) is 6. The molecule has 2 aromatic carbocycles. The molecule has 0 aliphatic rings. The van der Waals surface area contributed by atoms with Gasteiger partial charge in [-0.3, -0.25) is 10.1 Å². The molecular weight excluding hydrogens is 338 g/mol. The first kappa shape index (κ1) is 15.6. The van der Waals surface area contributed by atoms with Crippen LogP contribution in [0.2, 0.25) is 0 Å². The Morgan fingerprint density at radius 2 is 1.88 bits per heavy atom. The molecule has 0 amide bonds. The number of nitro benzene ring substituents is 1. The van der Waals surface area contributed by atoms with Gasteiger partial charge in [-0.25, -0.2) is 9.97 Å². The summed E-state index contributed by atoms with van der Waals surface area (Å²) in [5.41, 5.74) is 3.35. The van der Waals surface area contributed by atoms with Crippen LogP contribution in [0.4, 0.5) is 5.69 Å². The predicted octanol–water partition coefficient (Wildman–Crippen LogP) is 4.88. The van der Waals surface area contributed by atoms with Crippen LogP contribution in [-0.2, 0) is 5.75 Å². The lowest BCUT2D eigenvalue weighted by Gasteiger charge is -2.03. The van der Waals surface area contributed by atoms with Crippen molar-refractivity contribution in [1.82, 2.24) is 9.97 Å². The van der Waals surface area contributed by atoms with Gasteiger partial charge in [0.25, 0.3) is 5.69 Å². The zero-order chi connectivity index (χ0) is 17.4. The summed E-state index contributed by atoms with van der Waals surface area (Å²) in [6.07, 6.45) is 0. The normalized spacial score (nSPS) is 11.2. The minimum absolute atomic E-state index is 0.0892. The lowest BCUT2D eigenvalue weighted by atomic mass is 10.2. The standard InChI is InChI=1S/C18H13N3O3S/c1-11-19-16-14-4-2-3-5-15(14)24-17(16)18(20-11)25-10-12-6-8-13(9-7-12)21(22)23/h2-9H,10H2,1H3. The molecule has 0 saturated carbocycles. The highest BCUT2D eigenvalue weighted by atomic mass is 32.2. The van der Waals surface area contributed by atoms with Gasteiger partial charge in [-0.1, -0.05) is 36.0 Å². The number of nitro groups is 1. The highest BCUT2D eigenvalue weighted by Gasteiger charge is 2.15. The Labute approximate surface area is 147 Å². The monoisotopic (exact) mass is 351 g/mol. The van der Waals surface area contributed by atoms with Gasteiger partial charge in [0.2, 0.25) is 0 Å². The van der Waals surface area contributed by atoms with Crippen molar-refractivity contribution in [2.45, 2.75) is 17.7 Å². The smallest absolute Gasteiger partial charge is 0.269 e. The fraction of sp³-hybridized carbons (Fsp3) is 0.111. The number of para-hydroxylation sites is 1. The first-order chi connectivity index (χ1) is 12.1. The Balaban J connectivity index is 1.68. The molecule has 7 heteroatoms. The van der Waals surface area contributed by atoms with Crippen molar-refractivity contribution in [3.63, 3.8) is 0 Å². The Kier molecular flexibility index (Phi) is 3.85. The third-order valence-corrected chi connectivity index (χ3v) is 4.85. The quantitative estimate of drug-likeness (QED) is 0.225. The van der Waals surface area contributed by atoms with E-state index in [1.165, 1.54) is 23.9 Å². The van der Waals surface area contributed by atoms with Crippen molar-refractivity contribution in [2.24, 2.45) is 0 Å². The number of non-ortho nitro benzene ring substituents is 1. The summed E-state index contributed by atoms with van der Waals surface area (Å²) in [5.74, 6) is 1.32. The summed E-state index contributed by atoms with van der Waals surface area (Å²) in [7, 11) is 0. The highest BCUT2D eigenvalue weighted by molar-refractivity contribution is 7.98. The van der Waals surface area contributed by atoms with Gasteiger partial charge in [-0.2, -0.15) is 0 Å². The average Bonchev–Trinajstić information content (AvgIpc) is 2.99. The second kappa shape index (κ2) is 6.18. The van der Waals surface area contributed by atoms with Crippen molar-refractivity contribution in [2.75, 3.05) is 0 Å². The summed E-state index contributed by atoms with van der Waals surface area (Å²) in [6, 6.07) is 14.3. The largest absolute Gasteiger partial charge is 0.451 e. The van der Waals surface area contributed by atoms with E-state index in [1.807, 2.05) is 31.2 Å². The Hall–Kier alpha value is -2.93. The molecule has 0 N–H and O–H groups in total. The maximum atomic E-state index is 10.7. The van der Waals surface area contributed by atoms with E-state index in [0.717, 1.165) is 27.1 Å². The molecule has 0 atom stereocenters. The summed E-state index contributed by atoms with van der Waals surface area (Å²) in [5, 5.41) is 12.5. The van der Waals surface area contributed by atoms with Gasteiger partial charge >= 0.3 is 0 Å². The van der Waals surface area contributed by atoms with Gasteiger partial charge < -0.3 is 4.42 Å². The van der Waals surface area contributed by atoms with Crippen LogP contribution in [0.3, 0.4) is 0 Å². The number of benzene rings is 2.